The Kier molecular flexibility index (Phi) is 6.10. The summed E-state index contributed by atoms with van der Waals surface area (Å²) in [5.41, 5.74) is 2.58. The maximum Gasteiger partial charge on any atom is 0.274 e. The van der Waals surface area contributed by atoms with Gasteiger partial charge < -0.3 is 10.6 Å². The maximum absolute atomic E-state index is 12.4. The van der Waals surface area contributed by atoms with Gasteiger partial charge in [-0.15, -0.1) is 0 Å². The van der Waals surface area contributed by atoms with Crippen LogP contribution in [-0.2, 0) is 6.42 Å². The van der Waals surface area contributed by atoms with E-state index in [1.807, 2.05) is 24.3 Å². The van der Waals surface area contributed by atoms with Crippen molar-refractivity contribution in [3.05, 3.63) is 83.7 Å². The number of anilines is 2. The van der Waals surface area contributed by atoms with Crippen LogP contribution in [0.5, 0.6) is 0 Å². The smallest absolute Gasteiger partial charge is 0.274 e. The molecule has 1 heterocycles. The molecule has 0 aliphatic rings. The van der Waals surface area contributed by atoms with E-state index >= 15 is 0 Å². The lowest BCUT2D eigenvalue weighted by Gasteiger charge is -2.08. The summed E-state index contributed by atoms with van der Waals surface area (Å²) in [5, 5.41) is 14.8. The van der Waals surface area contributed by atoms with Crippen molar-refractivity contribution in [3.63, 3.8) is 0 Å². The summed E-state index contributed by atoms with van der Waals surface area (Å²) in [6, 6.07) is 20.6. The van der Waals surface area contributed by atoms with E-state index in [9.17, 15) is 4.79 Å². The second-order valence-corrected chi connectivity index (χ2v) is 5.93. The van der Waals surface area contributed by atoms with E-state index < -0.39 is 0 Å². The van der Waals surface area contributed by atoms with Crippen LogP contribution in [0.4, 0.5) is 11.6 Å². The molecule has 134 valence electrons. The highest BCUT2D eigenvalue weighted by atomic mass is 16.1. The van der Waals surface area contributed by atoms with Crippen molar-refractivity contribution in [2.24, 2.45) is 0 Å². The van der Waals surface area contributed by atoms with E-state index in [2.05, 4.69) is 32.7 Å². The normalized spacial score (nSPS) is 10.0. The van der Waals surface area contributed by atoms with Crippen LogP contribution in [0.15, 0.2) is 66.9 Å². The predicted octanol–water partition coefficient (Wildman–Crippen LogP) is 3.65. The lowest BCUT2D eigenvalue weighted by molar-refractivity contribution is 0.102. The molecule has 0 saturated heterocycles. The molecule has 0 fully saturated rings. The first kappa shape index (κ1) is 18.1. The quantitative estimate of drug-likeness (QED) is 0.630. The number of rotatable bonds is 7. The zero-order chi connectivity index (χ0) is 18.9. The highest BCUT2D eigenvalue weighted by molar-refractivity contribution is 6.03. The topological polar surface area (TPSA) is 90.7 Å². The molecule has 0 radical (unpaired) electrons. The van der Waals surface area contributed by atoms with Crippen LogP contribution in [0, 0.1) is 11.3 Å². The molecular weight excluding hydrogens is 338 g/mol. The first-order valence-corrected chi connectivity index (χ1v) is 8.67. The van der Waals surface area contributed by atoms with Crippen molar-refractivity contribution in [2.75, 3.05) is 17.2 Å². The largest absolute Gasteiger partial charge is 0.354 e. The Balaban J connectivity index is 1.54. The van der Waals surface area contributed by atoms with Crippen molar-refractivity contribution in [2.45, 2.75) is 12.8 Å². The molecule has 6 heteroatoms. The minimum Gasteiger partial charge on any atom is -0.354 e. The van der Waals surface area contributed by atoms with Gasteiger partial charge in [-0.05, 0) is 42.7 Å². The van der Waals surface area contributed by atoms with Crippen LogP contribution in [0.25, 0.3) is 0 Å². The van der Waals surface area contributed by atoms with Gasteiger partial charge in [0, 0.05) is 18.4 Å². The summed E-state index contributed by atoms with van der Waals surface area (Å²) in [6.07, 6.45) is 3.45. The predicted molar refractivity (Wildman–Crippen MR) is 104 cm³/mol. The molecule has 3 aromatic rings. The summed E-state index contributed by atoms with van der Waals surface area (Å²) >= 11 is 0. The lowest BCUT2D eigenvalue weighted by Crippen LogP contribution is -2.15. The van der Waals surface area contributed by atoms with Gasteiger partial charge in [0.05, 0.1) is 11.6 Å². The van der Waals surface area contributed by atoms with Crippen LogP contribution >= 0.6 is 0 Å². The van der Waals surface area contributed by atoms with Crippen molar-refractivity contribution >= 4 is 17.5 Å². The molecule has 0 spiro atoms. The molecule has 0 atom stereocenters. The zero-order valence-corrected chi connectivity index (χ0v) is 14.7. The Hall–Kier alpha value is -3.72. The summed E-state index contributed by atoms with van der Waals surface area (Å²) in [5.74, 6) is 0.0707. The number of hydrogen-bond donors (Lipinski definition) is 2. The second-order valence-electron chi connectivity index (χ2n) is 5.93. The van der Waals surface area contributed by atoms with Crippen molar-refractivity contribution < 1.29 is 4.79 Å². The lowest BCUT2D eigenvalue weighted by atomic mass is 10.1. The number of amides is 1. The SMILES string of the molecule is N#Cc1cccc(NC(=O)c2ccnc(NCCCc3ccccc3)n2)c1. The van der Waals surface area contributed by atoms with Crippen LogP contribution < -0.4 is 10.6 Å². The zero-order valence-electron chi connectivity index (χ0n) is 14.7. The fraction of sp³-hybridized carbons (Fsp3) is 0.143. The number of benzene rings is 2. The summed E-state index contributed by atoms with van der Waals surface area (Å²) in [7, 11) is 0. The minimum absolute atomic E-state index is 0.262. The number of carbonyl (C=O) groups is 1. The molecule has 6 nitrogen and oxygen atoms in total. The van der Waals surface area contributed by atoms with E-state index in [0.29, 0.717) is 23.7 Å². The Bertz CT molecular complexity index is 950. The molecule has 2 aromatic carbocycles. The van der Waals surface area contributed by atoms with Gasteiger partial charge in [-0.3, -0.25) is 4.79 Å². The average molecular weight is 357 g/mol. The highest BCUT2D eigenvalue weighted by Gasteiger charge is 2.09. The van der Waals surface area contributed by atoms with Gasteiger partial charge >= 0.3 is 0 Å². The average Bonchev–Trinajstić information content (AvgIpc) is 2.72. The number of aromatic nitrogens is 2. The van der Waals surface area contributed by atoms with E-state index in [0.717, 1.165) is 12.8 Å². The van der Waals surface area contributed by atoms with Crippen LogP contribution in [0.2, 0.25) is 0 Å². The molecule has 0 aliphatic carbocycles. The van der Waals surface area contributed by atoms with Crippen molar-refractivity contribution in [1.82, 2.24) is 9.97 Å². The second kappa shape index (κ2) is 9.11. The third-order valence-electron chi connectivity index (χ3n) is 3.91. The third-order valence-corrected chi connectivity index (χ3v) is 3.91. The van der Waals surface area contributed by atoms with Gasteiger partial charge in [0.25, 0.3) is 5.91 Å². The first-order chi connectivity index (χ1) is 13.2. The third kappa shape index (κ3) is 5.38. The molecule has 1 amide bonds. The standard InChI is InChI=1S/C21H19N5O/c22-15-17-8-4-10-18(14-17)25-20(27)19-11-13-24-21(26-19)23-12-5-9-16-6-2-1-3-7-16/h1-4,6-8,10-11,13-14H,5,9,12H2,(H,25,27)(H,23,24,26). The van der Waals surface area contributed by atoms with Gasteiger partial charge in [-0.1, -0.05) is 36.4 Å². The van der Waals surface area contributed by atoms with Crippen LogP contribution in [-0.4, -0.2) is 22.4 Å². The first-order valence-electron chi connectivity index (χ1n) is 8.67. The number of nitrogens with zero attached hydrogens (tertiary/aromatic N) is 3. The number of aryl methyl sites for hydroxylation is 1. The fourth-order valence-electron chi connectivity index (χ4n) is 2.57. The molecule has 2 N–H and O–H groups in total. The van der Waals surface area contributed by atoms with E-state index in [1.54, 1.807) is 36.5 Å². The number of carbonyl (C=O) groups excluding carboxylic acids is 1. The van der Waals surface area contributed by atoms with Crippen molar-refractivity contribution in [3.8, 4) is 6.07 Å². The Labute approximate surface area is 157 Å². The Morgan fingerprint density at radius 2 is 1.93 bits per heavy atom. The van der Waals surface area contributed by atoms with Crippen LogP contribution in [0.3, 0.4) is 0 Å². The molecule has 3 rings (SSSR count). The van der Waals surface area contributed by atoms with Crippen molar-refractivity contribution in [1.29, 1.82) is 5.26 Å². The minimum atomic E-state index is -0.347. The molecule has 27 heavy (non-hydrogen) atoms. The number of nitriles is 1. The molecular formula is C21H19N5O. The maximum atomic E-state index is 12.4. The Morgan fingerprint density at radius 3 is 2.74 bits per heavy atom. The number of hydrogen-bond acceptors (Lipinski definition) is 5. The van der Waals surface area contributed by atoms with Gasteiger partial charge in [-0.2, -0.15) is 5.26 Å². The van der Waals surface area contributed by atoms with Gasteiger partial charge in [0.1, 0.15) is 5.69 Å². The summed E-state index contributed by atoms with van der Waals surface area (Å²) in [4.78, 5) is 20.8. The van der Waals surface area contributed by atoms with Gasteiger partial charge in [0.2, 0.25) is 5.95 Å². The number of nitrogens with one attached hydrogen (secondary N) is 2. The monoisotopic (exact) mass is 357 g/mol. The molecule has 1 aromatic heterocycles. The van der Waals surface area contributed by atoms with E-state index in [4.69, 9.17) is 5.26 Å². The molecule has 0 aliphatic heterocycles. The van der Waals surface area contributed by atoms with E-state index in [1.165, 1.54) is 5.56 Å². The van der Waals surface area contributed by atoms with E-state index in [-0.39, 0.29) is 11.6 Å². The molecule has 0 saturated carbocycles. The summed E-state index contributed by atoms with van der Waals surface area (Å²) < 4.78 is 0. The van der Waals surface area contributed by atoms with Crippen LogP contribution in [0.1, 0.15) is 28.0 Å². The van der Waals surface area contributed by atoms with Gasteiger partial charge in [-0.25, -0.2) is 9.97 Å². The molecule has 0 unspecified atom stereocenters. The fourth-order valence-corrected chi connectivity index (χ4v) is 2.57. The van der Waals surface area contributed by atoms with Gasteiger partial charge in [0.15, 0.2) is 0 Å². The summed E-state index contributed by atoms with van der Waals surface area (Å²) in [6.45, 7) is 0.712. The highest BCUT2D eigenvalue weighted by Crippen LogP contribution is 2.11. The molecule has 0 bridgehead atoms. The Morgan fingerprint density at radius 1 is 1.07 bits per heavy atom.